The molecule has 9 heteroatoms. The van der Waals surface area contributed by atoms with Crippen molar-refractivity contribution in [2.45, 2.75) is 55.6 Å². The third-order valence-corrected chi connectivity index (χ3v) is 6.62. The first-order valence-electron chi connectivity index (χ1n) is 11.4. The summed E-state index contributed by atoms with van der Waals surface area (Å²) in [4.78, 5) is 0. The highest BCUT2D eigenvalue weighted by atomic mass is 35.5. The second-order valence-electron chi connectivity index (χ2n) is 8.68. The van der Waals surface area contributed by atoms with Gasteiger partial charge in [-0.15, -0.1) is 0 Å². The van der Waals surface area contributed by atoms with Crippen LogP contribution in [0.5, 0.6) is 5.75 Å². The van der Waals surface area contributed by atoms with Crippen LogP contribution < -0.4 is 4.74 Å². The van der Waals surface area contributed by atoms with Gasteiger partial charge < -0.3 is 39.4 Å². The summed E-state index contributed by atoms with van der Waals surface area (Å²) >= 11 is 6.45. The number of aliphatic hydroxyl groups excluding tert-OH is 4. The zero-order valence-corrected chi connectivity index (χ0v) is 19.7. The van der Waals surface area contributed by atoms with Crippen LogP contribution in [-0.2, 0) is 26.4 Å². The van der Waals surface area contributed by atoms with E-state index in [2.05, 4.69) is 0 Å². The Kier molecular flexibility index (Phi) is 8.12. The zero-order chi connectivity index (χ0) is 24.3. The number of hydrogen-bond acceptors (Lipinski definition) is 8. The van der Waals surface area contributed by atoms with Crippen LogP contribution in [0.25, 0.3) is 0 Å². The average Bonchev–Trinajstić information content (AvgIpc) is 3.68. The minimum atomic E-state index is -1.79. The standard InChI is InChI=1S/C25H31ClO8/c1-31-25(24(30)23(29)22(28)21(14-27)34-25)17-4-9-20(26)16(13-17)12-15-2-5-18(6-3-15)32-10-11-33-19-7-8-19/h2-6,9,13,19,21-24,27-30H,7-8,10-12,14H2,1H3/t21-,22-,23+,24-,25?/m1/s1. The van der Waals surface area contributed by atoms with Crippen LogP contribution in [-0.4, -0.2) is 77.9 Å². The highest BCUT2D eigenvalue weighted by Gasteiger charge is 2.55. The Bertz CT molecular complexity index is 948. The van der Waals surface area contributed by atoms with Crippen LogP contribution >= 0.6 is 11.6 Å². The van der Waals surface area contributed by atoms with Crippen LogP contribution in [0.1, 0.15) is 29.5 Å². The lowest BCUT2D eigenvalue weighted by Crippen LogP contribution is -2.64. The van der Waals surface area contributed by atoms with E-state index in [4.69, 9.17) is 30.5 Å². The van der Waals surface area contributed by atoms with E-state index in [0.717, 1.165) is 29.7 Å². The second-order valence-corrected chi connectivity index (χ2v) is 9.09. The molecular formula is C25H31ClO8. The first-order valence-corrected chi connectivity index (χ1v) is 11.8. The van der Waals surface area contributed by atoms with Crippen LogP contribution in [0.2, 0.25) is 5.02 Å². The molecule has 34 heavy (non-hydrogen) atoms. The van der Waals surface area contributed by atoms with Gasteiger partial charge >= 0.3 is 0 Å². The quantitative estimate of drug-likeness (QED) is 0.369. The van der Waals surface area contributed by atoms with Gasteiger partial charge in [-0.2, -0.15) is 0 Å². The Morgan fingerprint density at radius 3 is 2.41 bits per heavy atom. The Morgan fingerprint density at radius 2 is 1.76 bits per heavy atom. The van der Waals surface area contributed by atoms with Gasteiger partial charge in [0.1, 0.15) is 36.8 Å². The molecule has 0 aromatic heterocycles. The molecule has 1 saturated heterocycles. The van der Waals surface area contributed by atoms with Crippen molar-refractivity contribution >= 4 is 11.6 Å². The van der Waals surface area contributed by atoms with E-state index in [1.807, 2.05) is 24.3 Å². The van der Waals surface area contributed by atoms with Crippen molar-refractivity contribution in [2.75, 3.05) is 26.9 Å². The fourth-order valence-electron chi connectivity index (χ4n) is 4.13. The van der Waals surface area contributed by atoms with Crippen LogP contribution in [0.15, 0.2) is 42.5 Å². The molecule has 4 rings (SSSR count). The molecule has 2 aliphatic rings. The fourth-order valence-corrected chi connectivity index (χ4v) is 4.31. The average molecular weight is 495 g/mol. The van der Waals surface area contributed by atoms with Gasteiger partial charge in [-0.05, 0) is 54.7 Å². The van der Waals surface area contributed by atoms with Gasteiger partial charge in [-0.3, -0.25) is 0 Å². The van der Waals surface area contributed by atoms with Crippen LogP contribution in [0, 0.1) is 0 Å². The topological polar surface area (TPSA) is 118 Å². The monoisotopic (exact) mass is 494 g/mol. The number of rotatable bonds is 10. The Labute approximate surface area is 203 Å². The summed E-state index contributed by atoms with van der Waals surface area (Å²) in [5, 5.41) is 41.3. The minimum Gasteiger partial charge on any atom is -0.491 e. The number of methoxy groups -OCH3 is 1. The Balaban J connectivity index is 1.49. The fraction of sp³-hybridized carbons (Fsp3) is 0.520. The smallest absolute Gasteiger partial charge is 0.224 e. The molecular weight excluding hydrogens is 464 g/mol. The number of aliphatic hydroxyl groups is 4. The van der Waals surface area contributed by atoms with E-state index >= 15 is 0 Å². The van der Waals surface area contributed by atoms with Crippen molar-refractivity contribution in [1.29, 1.82) is 0 Å². The molecule has 1 aliphatic carbocycles. The molecule has 0 spiro atoms. The Morgan fingerprint density at radius 1 is 1.03 bits per heavy atom. The summed E-state index contributed by atoms with van der Waals surface area (Å²) < 4.78 is 22.6. The highest BCUT2D eigenvalue weighted by molar-refractivity contribution is 6.31. The molecule has 4 N–H and O–H groups in total. The van der Waals surface area contributed by atoms with Gasteiger partial charge in [0.2, 0.25) is 5.79 Å². The molecule has 0 bridgehead atoms. The number of hydrogen-bond donors (Lipinski definition) is 4. The molecule has 1 unspecified atom stereocenters. The molecule has 1 heterocycles. The second kappa shape index (κ2) is 10.9. The molecule has 0 amide bonds. The third-order valence-electron chi connectivity index (χ3n) is 6.25. The predicted molar refractivity (Wildman–Crippen MR) is 124 cm³/mol. The molecule has 2 aromatic carbocycles. The maximum absolute atomic E-state index is 10.7. The van der Waals surface area contributed by atoms with Crippen molar-refractivity contribution in [3.8, 4) is 5.75 Å². The number of ether oxygens (including phenoxy) is 4. The van der Waals surface area contributed by atoms with Gasteiger partial charge in [0.25, 0.3) is 0 Å². The summed E-state index contributed by atoms with van der Waals surface area (Å²) in [5.74, 6) is -1.03. The van der Waals surface area contributed by atoms with Crippen molar-refractivity contribution < 1.29 is 39.4 Å². The number of halogens is 1. The molecule has 1 saturated carbocycles. The summed E-state index contributed by atoms with van der Waals surface area (Å²) in [6, 6.07) is 12.7. The van der Waals surface area contributed by atoms with Gasteiger partial charge in [-0.1, -0.05) is 29.8 Å². The lowest BCUT2D eigenvalue weighted by atomic mass is 9.87. The molecule has 8 nitrogen and oxygen atoms in total. The van der Waals surface area contributed by atoms with E-state index in [1.165, 1.54) is 7.11 Å². The maximum atomic E-state index is 10.7. The van der Waals surface area contributed by atoms with Crippen molar-refractivity contribution in [2.24, 2.45) is 0 Å². The third kappa shape index (κ3) is 5.40. The first kappa shape index (κ1) is 25.3. The molecule has 1 aliphatic heterocycles. The summed E-state index contributed by atoms with van der Waals surface area (Å²) in [6.45, 7) is 0.519. The normalized spacial score (nSPS) is 29.2. The molecule has 186 valence electrons. The first-order chi connectivity index (χ1) is 16.4. The SMILES string of the molecule is COC1(c2ccc(Cl)c(Cc3ccc(OCCOC4CC4)cc3)c2)O[C@H](CO)[C@@H](O)[C@H](O)[C@H]1O. The molecule has 2 aromatic rings. The van der Waals surface area contributed by atoms with E-state index in [9.17, 15) is 20.4 Å². The zero-order valence-electron chi connectivity index (χ0n) is 19.0. The molecule has 0 radical (unpaired) electrons. The maximum Gasteiger partial charge on any atom is 0.224 e. The van der Waals surface area contributed by atoms with Crippen molar-refractivity contribution in [3.05, 3.63) is 64.2 Å². The van der Waals surface area contributed by atoms with Gasteiger partial charge in [-0.25, -0.2) is 0 Å². The van der Waals surface area contributed by atoms with Crippen LogP contribution in [0.3, 0.4) is 0 Å². The summed E-state index contributed by atoms with van der Waals surface area (Å²) in [7, 11) is 1.32. The summed E-state index contributed by atoms with van der Waals surface area (Å²) in [6.07, 6.45) is -2.60. The lowest BCUT2D eigenvalue weighted by molar-refractivity contribution is -0.366. The van der Waals surface area contributed by atoms with E-state index in [-0.39, 0.29) is 0 Å². The van der Waals surface area contributed by atoms with Gasteiger partial charge in [0, 0.05) is 17.7 Å². The predicted octanol–water partition coefficient (Wildman–Crippen LogP) is 1.76. The minimum absolute atomic E-state index is 0.405. The molecule has 2 fully saturated rings. The number of benzene rings is 2. The van der Waals surface area contributed by atoms with E-state index < -0.39 is 36.8 Å². The largest absolute Gasteiger partial charge is 0.491 e. The van der Waals surface area contributed by atoms with Crippen LogP contribution in [0.4, 0.5) is 0 Å². The van der Waals surface area contributed by atoms with Gasteiger partial charge in [0.15, 0.2) is 0 Å². The summed E-state index contributed by atoms with van der Waals surface area (Å²) in [5.41, 5.74) is 2.14. The van der Waals surface area contributed by atoms with E-state index in [1.54, 1.807) is 18.2 Å². The van der Waals surface area contributed by atoms with Crippen molar-refractivity contribution in [1.82, 2.24) is 0 Å². The van der Waals surface area contributed by atoms with Crippen molar-refractivity contribution in [3.63, 3.8) is 0 Å². The van der Waals surface area contributed by atoms with Gasteiger partial charge in [0.05, 0.1) is 19.3 Å². The Hall–Kier alpha value is -1.75. The molecule has 5 atom stereocenters. The lowest BCUT2D eigenvalue weighted by Gasteiger charge is -2.47. The highest BCUT2D eigenvalue weighted by Crippen LogP contribution is 2.40. The van der Waals surface area contributed by atoms with E-state index in [0.29, 0.717) is 36.3 Å².